The topological polar surface area (TPSA) is 56.6 Å². The summed E-state index contributed by atoms with van der Waals surface area (Å²) in [7, 11) is 1.66. The van der Waals surface area contributed by atoms with Crippen LogP contribution in [-0.2, 0) is 9.53 Å². The molecule has 108 valence electrons. The van der Waals surface area contributed by atoms with Crippen molar-refractivity contribution in [3.05, 3.63) is 0 Å². The van der Waals surface area contributed by atoms with Gasteiger partial charge in [-0.05, 0) is 19.8 Å². The first-order chi connectivity index (χ1) is 8.90. The number of ether oxygens (including phenoxy) is 1. The average molecular weight is 267 g/mol. The predicted molar refractivity (Wildman–Crippen MR) is 73.5 cm³/mol. The number of nitriles is 1. The van der Waals surface area contributed by atoms with Gasteiger partial charge < -0.3 is 9.64 Å². The number of carbonyl (C=O) groups is 1. The molecule has 5 heteroatoms. The summed E-state index contributed by atoms with van der Waals surface area (Å²) < 4.78 is 5.05. The van der Waals surface area contributed by atoms with Crippen LogP contribution in [0.4, 0.5) is 0 Å². The van der Waals surface area contributed by atoms with Gasteiger partial charge in [0, 0.05) is 46.3 Å². The van der Waals surface area contributed by atoms with Crippen molar-refractivity contribution in [1.82, 2.24) is 9.80 Å². The predicted octanol–water partition coefficient (Wildman–Crippen LogP) is 1.11. The van der Waals surface area contributed by atoms with Gasteiger partial charge in [-0.2, -0.15) is 5.26 Å². The molecule has 5 nitrogen and oxygen atoms in total. The highest BCUT2D eigenvalue weighted by atomic mass is 16.5. The largest absolute Gasteiger partial charge is 0.384 e. The lowest BCUT2D eigenvalue weighted by Gasteiger charge is -2.40. The molecular weight excluding hydrogens is 242 g/mol. The van der Waals surface area contributed by atoms with E-state index in [0.29, 0.717) is 26.1 Å². The second kappa shape index (κ2) is 6.88. The minimum absolute atomic E-state index is 0.193. The van der Waals surface area contributed by atoms with Gasteiger partial charge in [-0.25, -0.2) is 0 Å². The van der Waals surface area contributed by atoms with E-state index < -0.39 is 5.54 Å². The second-order valence-corrected chi connectivity index (χ2v) is 5.80. The first kappa shape index (κ1) is 15.9. The molecule has 1 heterocycles. The lowest BCUT2D eigenvalue weighted by Crippen LogP contribution is -2.55. The van der Waals surface area contributed by atoms with E-state index in [4.69, 9.17) is 10.00 Å². The van der Waals surface area contributed by atoms with E-state index in [9.17, 15) is 4.79 Å². The van der Waals surface area contributed by atoms with Crippen LogP contribution < -0.4 is 0 Å². The Morgan fingerprint density at radius 2 is 1.95 bits per heavy atom. The lowest BCUT2D eigenvalue weighted by atomic mass is 10.0. The highest BCUT2D eigenvalue weighted by Gasteiger charge is 2.31. The summed E-state index contributed by atoms with van der Waals surface area (Å²) in [6.45, 7) is 9.45. The molecule has 0 spiro atoms. The molecule has 19 heavy (non-hydrogen) atoms. The van der Waals surface area contributed by atoms with Crippen LogP contribution >= 0.6 is 0 Å². The van der Waals surface area contributed by atoms with Gasteiger partial charge in [-0.1, -0.05) is 6.92 Å². The minimum Gasteiger partial charge on any atom is -0.384 e. The van der Waals surface area contributed by atoms with Crippen molar-refractivity contribution >= 4 is 5.91 Å². The molecule has 1 amide bonds. The molecule has 1 atom stereocenters. The number of hydrogen-bond acceptors (Lipinski definition) is 4. The molecule has 0 N–H and O–H groups in total. The number of amides is 1. The Kier molecular flexibility index (Phi) is 5.77. The number of nitrogens with zero attached hydrogens (tertiary/aromatic N) is 3. The number of carbonyl (C=O) groups excluding carboxylic acids is 1. The Bertz CT molecular complexity index is 341. The van der Waals surface area contributed by atoms with E-state index in [1.165, 1.54) is 0 Å². The highest BCUT2D eigenvalue weighted by molar-refractivity contribution is 5.76. The molecule has 0 aliphatic carbocycles. The van der Waals surface area contributed by atoms with Gasteiger partial charge in [0.25, 0.3) is 0 Å². The van der Waals surface area contributed by atoms with Crippen molar-refractivity contribution in [2.45, 2.75) is 32.7 Å². The molecule has 0 saturated carbocycles. The van der Waals surface area contributed by atoms with Gasteiger partial charge in [-0.15, -0.1) is 0 Å². The van der Waals surface area contributed by atoms with Crippen LogP contribution in [-0.4, -0.2) is 61.1 Å². The van der Waals surface area contributed by atoms with E-state index in [1.807, 2.05) is 25.7 Å². The van der Waals surface area contributed by atoms with Crippen molar-refractivity contribution in [1.29, 1.82) is 5.26 Å². The maximum atomic E-state index is 12.1. The fourth-order valence-corrected chi connectivity index (χ4v) is 2.36. The molecule has 0 radical (unpaired) electrons. The maximum absolute atomic E-state index is 12.1. The molecule has 1 unspecified atom stereocenters. The summed E-state index contributed by atoms with van der Waals surface area (Å²) in [5.41, 5.74) is -0.446. The quantitative estimate of drug-likeness (QED) is 0.748. The van der Waals surface area contributed by atoms with Crippen LogP contribution in [0, 0.1) is 17.2 Å². The fraction of sp³-hybridized carbons (Fsp3) is 0.857. The Morgan fingerprint density at radius 3 is 2.42 bits per heavy atom. The smallest absolute Gasteiger partial charge is 0.223 e. The standard InChI is InChI=1S/C14H25N3O2/c1-12(10-19-4)9-13(18)16-5-7-17(8-6-16)14(2,3)11-15/h12H,5-10H2,1-4H3. The first-order valence-corrected chi connectivity index (χ1v) is 6.83. The first-order valence-electron chi connectivity index (χ1n) is 6.83. The van der Waals surface area contributed by atoms with Crippen molar-refractivity contribution in [3.63, 3.8) is 0 Å². The van der Waals surface area contributed by atoms with Crippen LogP contribution in [0.5, 0.6) is 0 Å². The number of rotatable bonds is 5. The summed E-state index contributed by atoms with van der Waals surface area (Å²) in [5.74, 6) is 0.449. The zero-order valence-corrected chi connectivity index (χ0v) is 12.5. The summed E-state index contributed by atoms with van der Waals surface area (Å²) >= 11 is 0. The van der Waals surface area contributed by atoms with E-state index >= 15 is 0 Å². The molecule has 1 rings (SSSR count). The van der Waals surface area contributed by atoms with Crippen molar-refractivity contribution in [2.75, 3.05) is 39.9 Å². The third kappa shape index (κ3) is 4.48. The number of hydrogen-bond donors (Lipinski definition) is 0. The zero-order valence-electron chi connectivity index (χ0n) is 12.5. The van der Waals surface area contributed by atoms with Crippen molar-refractivity contribution in [3.8, 4) is 6.07 Å². The Hall–Kier alpha value is -1.12. The summed E-state index contributed by atoms with van der Waals surface area (Å²) in [5, 5.41) is 9.11. The second-order valence-electron chi connectivity index (χ2n) is 5.80. The van der Waals surface area contributed by atoms with Gasteiger partial charge in [0.2, 0.25) is 5.91 Å². The Balaban J connectivity index is 2.42. The summed E-state index contributed by atoms with van der Waals surface area (Å²) in [4.78, 5) is 16.1. The molecule has 1 aliphatic heterocycles. The van der Waals surface area contributed by atoms with E-state index in [-0.39, 0.29) is 11.8 Å². The summed E-state index contributed by atoms with van der Waals surface area (Å²) in [6.07, 6.45) is 0.537. The normalized spacial score (nSPS) is 19.0. The van der Waals surface area contributed by atoms with Crippen LogP contribution in [0.15, 0.2) is 0 Å². The molecule has 0 aromatic carbocycles. The minimum atomic E-state index is -0.446. The lowest BCUT2D eigenvalue weighted by molar-refractivity contribution is -0.134. The average Bonchev–Trinajstić information content (AvgIpc) is 2.39. The Labute approximate surface area is 116 Å². The van der Waals surface area contributed by atoms with E-state index in [0.717, 1.165) is 13.1 Å². The maximum Gasteiger partial charge on any atom is 0.223 e. The van der Waals surface area contributed by atoms with Gasteiger partial charge in [-0.3, -0.25) is 9.69 Å². The molecule has 1 aliphatic rings. The molecule has 0 aromatic heterocycles. The number of piperazine rings is 1. The van der Waals surface area contributed by atoms with E-state index in [1.54, 1.807) is 7.11 Å². The fourth-order valence-electron chi connectivity index (χ4n) is 2.36. The zero-order chi connectivity index (χ0) is 14.5. The van der Waals surface area contributed by atoms with Gasteiger partial charge in [0.05, 0.1) is 6.07 Å². The van der Waals surface area contributed by atoms with Crippen molar-refractivity contribution in [2.24, 2.45) is 5.92 Å². The third-order valence-electron chi connectivity index (χ3n) is 3.67. The van der Waals surface area contributed by atoms with Crippen LogP contribution in [0.25, 0.3) is 0 Å². The van der Waals surface area contributed by atoms with Gasteiger partial charge in [0.1, 0.15) is 5.54 Å². The van der Waals surface area contributed by atoms with Gasteiger partial charge >= 0.3 is 0 Å². The third-order valence-corrected chi connectivity index (χ3v) is 3.67. The van der Waals surface area contributed by atoms with Crippen LogP contribution in [0.3, 0.4) is 0 Å². The SMILES string of the molecule is COCC(C)CC(=O)N1CCN(C(C)(C)C#N)CC1. The molecule has 0 aromatic rings. The molecular formula is C14H25N3O2. The van der Waals surface area contributed by atoms with Crippen LogP contribution in [0.2, 0.25) is 0 Å². The summed E-state index contributed by atoms with van der Waals surface area (Å²) in [6, 6.07) is 2.31. The van der Waals surface area contributed by atoms with Crippen LogP contribution in [0.1, 0.15) is 27.2 Å². The molecule has 0 bridgehead atoms. The van der Waals surface area contributed by atoms with E-state index in [2.05, 4.69) is 11.0 Å². The number of methoxy groups -OCH3 is 1. The molecule has 1 fully saturated rings. The van der Waals surface area contributed by atoms with Gasteiger partial charge in [0.15, 0.2) is 0 Å². The Morgan fingerprint density at radius 1 is 1.37 bits per heavy atom. The highest BCUT2D eigenvalue weighted by Crippen LogP contribution is 2.17. The van der Waals surface area contributed by atoms with Crippen molar-refractivity contribution < 1.29 is 9.53 Å². The molecule has 1 saturated heterocycles. The monoisotopic (exact) mass is 267 g/mol.